The van der Waals surface area contributed by atoms with Crippen molar-refractivity contribution in [1.29, 1.82) is 0 Å². The fourth-order valence-corrected chi connectivity index (χ4v) is 2.38. The number of ether oxygens (including phenoxy) is 2. The van der Waals surface area contributed by atoms with Gasteiger partial charge in [-0.15, -0.1) is 0 Å². The second-order valence-electron chi connectivity index (χ2n) is 5.31. The molecule has 2 rings (SSSR count). The van der Waals surface area contributed by atoms with Crippen LogP contribution in [0.3, 0.4) is 0 Å². The van der Waals surface area contributed by atoms with Gasteiger partial charge in [-0.05, 0) is 6.07 Å². The number of hydrogen-bond acceptors (Lipinski definition) is 8. The Bertz CT molecular complexity index is 610. The molecule has 1 saturated heterocycles. The number of aliphatic hydroxyl groups is 3. The van der Waals surface area contributed by atoms with E-state index >= 15 is 0 Å². The van der Waals surface area contributed by atoms with Gasteiger partial charge in [-0.2, -0.15) is 0 Å². The normalized spacial score (nSPS) is 29.8. The number of rotatable bonds is 5. The maximum atomic E-state index is 11.3. The summed E-state index contributed by atoms with van der Waals surface area (Å²) in [7, 11) is 0. The predicted molar refractivity (Wildman–Crippen MR) is 79.1 cm³/mol. The largest absolute Gasteiger partial charge is 0.462 e. The monoisotopic (exact) mass is 342 g/mol. The predicted octanol–water partition coefficient (Wildman–Crippen LogP) is -1.08. The van der Waals surface area contributed by atoms with Gasteiger partial charge in [0, 0.05) is 13.0 Å². The molecule has 1 aliphatic heterocycles. The number of carbonyl (C=O) groups is 1. The molecule has 24 heavy (non-hydrogen) atoms. The lowest BCUT2D eigenvalue weighted by atomic mass is 9.97. The second kappa shape index (κ2) is 7.53. The van der Waals surface area contributed by atoms with Crippen LogP contribution in [0.4, 0.5) is 5.69 Å². The standard InChI is InChI=1S/C14H18N2O8/c1-7(18)15-11-13(20)12(19)10(6-17)24-14(11)23-9-4-2-3-8(5-9)16(21)22/h2-5,10-14,17,19-20H,6H2,1H3,(H,15,18)/t10-,11-,12+,13+,14-/m0/s1. The molecule has 0 spiro atoms. The summed E-state index contributed by atoms with van der Waals surface area (Å²) < 4.78 is 10.9. The summed E-state index contributed by atoms with van der Waals surface area (Å²) >= 11 is 0. The van der Waals surface area contributed by atoms with E-state index in [1.807, 2.05) is 0 Å². The van der Waals surface area contributed by atoms with Gasteiger partial charge >= 0.3 is 0 Å². The number of non-ortho nitro benzene ring substituents is 1. The Kier molecular flexibility index (Phi) is 5.67. The molecule has 1 aromatic rings. The van der Waals surface area contributed by atoms with E-state index in [1.54, 1.807) is 0 Å². The minimum atomic E-state index is -1.46. The first-order chi connectivity index (χ1) is 11.3. The zero-order chi connectivity index (χ0) is 17.9. The van der Waals surface area contributed by atoms with Crippen molar-refractivity contribution in [3.63, 3.8) is 0 Å². The van der Waals surface area contributed by atoms with Crippen molar-refractivity contribution in [3.8, 4) is 5.75 Å². The maximum Gasteiger partial charge on any atom is 0.273 e. The number of benzene rings is 1. The molecule has 0 unspecified atom stereocenters. The van der Waals surface area contributed by atoms with Gasteiger partial charge in [0.05, 0.1) is 17.6 Å². The average Bonchev–Trinajstić information content (AvgIpc) is 2.54. The van der Waals surface area contributed by atoms with Gasteiger partial charge in [-0.1, -0.05) is 6.07 Å². The van der Waals surface area contributed by atoms with Crippen LogP contribution in [-0.2, 0) is 9.53 Å². The number of hydrogen-bond donors (Lipinski definition) is 4. The van der Waals surface area contributed by atoms with Crippen LogP contribution in [0.2, 0.25) is 0 Å². The van der Waals surface area contributed by atoms with E-state index in [0.717, 1.165) is 6.07 Å². The molecule has 1 aromatic carbocycles. The summed E-state index contributed by atoms with van der Waals surface area (Å²) in [6.45, 7) is 0.626. The molecule has 0 bridgehead atoms. The number of nitrogens with one attached hydrogen (secondary N) is 1. The number of nitrogens with zero attached hydrogens (tertiary/aromatic N) is 1. The average molecular weight is 342 g/mol. The van der Waals surface area contributed by atoms with Crippen molar-refractivity contribution >= 4 is 11.6 Å². The molecule has 1 heterocycles. The van der Waals surface area contributed by atoms with E-state index in [2.05, 4.69) is 5.32 Å². The highest BCUT2D eigenvalue weighted by atomic mass is 16.7. The van der Waals surface area contributed by atoms with Crippen LogP contribution in [0.25, 0.3) is 0 Å². The highest BCUT2D eigenvalue weighted by molar-refractivity contribution is 5.73. The minimum Gasteiger partial charge on any atom is -0.462 e. The smallest absolute Gasteiger partial charge is 0.273 e. The molecule has 4 N–H and O–H groups in total. The Labute approximate surface area is 136 Å². The zero-order valence-electron chi connectivity index (χ0n) is 12.7. The summed E-state index contributed by atoms with van der Waals surface area (Å²) in [5, 5.41) is 42.4. The minimum absolute atomic E-state index is 0.0739. The van der Waals surface area contributed by atoms with Crippen molar-refractivity contribution in [3.05, 3.63) is 34.4 Å². The second-order valence-corrected chi connectivity index (χ2v) is 5.31. The number of nitro benzene ring substituents is 1. The Balaban J connectivity index is 2.24. The topological polar surface area (TPSA) is 151 Å². The molecule has 0 aromatic heterocycles. The fourth-order valence-electron chi connectivity index (χ4n) is 2.38. The van der Waals surface area contributed by atoms with E-state index in [4.69, 9.17) is 9.47 Å². The lowest BCUT2D eigenvalue weighted by molar-refractivity contribution is -0.385. The maximum absolute atomic E-state index is 11.3. The van der Waals surface area contributed by atoms with Gasteiger partial charge in [0.15, 0.2) is 0 Å². The highest BCUT2D eigenvalue weighted by Gasteiger charge is 2.46. The van der Waals surface area contributed by atoms with Gasteiger partial charge in [-0.25, -0.2) is 0 Å². The number of carbonyl (C=O) groups excluding carboxylic acids is 1. The molecule has 0 aliphatic carbocycles. The van der Waals surface area contributed by atoms with Gasteiger partial charge < -0.3 is 30.1 Å². The van der Waals surface area contributed by atoms with Gasteiger partial charge in [0.2, 0.25) is 12.2 Å². The Hall–Kier alpha value is -2.27. The molecule has 5 atom stereocenters. The SMILES string of the molecule is CC(=O)N[C@@H]1[C@@H](Oc2cccc([N+](=O)[O-])c2)O[C@@H](CO)[C@@H](O)[C@@H]1O. The van der Waals surface area contributed by atoms with Crippen LogP contribution in [-0.4, -0.2) is 63.4 Å². The van der Waals surface area contributed by atoms with Gasteiger partial charge in [0.25, 0.3) is 5.69 Å². The summed E-state index contributed by atoms with van der Waals surface area (Å²) in [5.41, 5.74) is -0.210. The van der Waals surface area contributed by atoms with Crippen molar-refractivity contribution in [2.45, 2.75) is 37.6 Å². The van der Waals surface area contributed by atoms with E-state index in [9.17, 15) is 30.2 Å². The first-order valence-corrected chi connectivity index (χ1v) is 7.14. The van der Waals surface area contributed by atoms with E-state index in [0.29, 0.717) is 0 Å². The molecule has 1 amide bonds. The first-order valence-electron chi connectivity index (χ1n) is 7.14. The summed E-state index contributed by atoms with van der Waals surface area (Å²) in [5.74, 6) is -0.422. The third kappa shape index (κ3) is 3.97. The van der Waals surface area contributed by atoms with Crippen molar-refractivity contribution in [2.75, 3.05) is 6.61 Å². The number of nitro groups is 1. The molecule has 1 aliphatic rings. The molecule has 0 radical (unpaired) electrons. The quantitative estimate of drug-likeness (QED) is 0.389. The van der Waals surface area contributed by atoms with E-state index in [1.165, 1.54) is 25.1 Å². The first kappa shape index (κ1) is 18.1. The lowest BCUT2D eigenvalue weighted by Crippen LogP contribution is -2.65. The van der Waals surface area contributed by atoms with Gasteiger partial charge in [-0.3, -0.25) is 14.9 Å². The summed E-state index contributed by atoms with van der Waals surface area (Å²) in [6.07, 6.45) is -5.28. The lowest BCUT2D eigenvalue weighted by Gasteiger charge is -2.42. The fraction of sp³-hybridized carbons (Fsp3) is 0.500. The Morgan fingerprint density at radius 3 is 2.71 bits per heavy atom. The van der Waals surface area contributed by atoms with Crippen LogP contribution in [0.15, 0.2) is 24.3 Å². The third-order valence-corrected chi connectivity index (χ3v) is 3.53. The van der Waals surface area contributed by atoms with E-state index < -0.39 is 48.1 Å². The van der Waals surface area contributed by atoms with E-state index in [-0.39, 0.29) is 11.4 Å². The number of aliphatic hydroxyl groups excluding tert-OH is 3. The molecule has 10 heteroatoms. The summed E-state index contributed by atoms with van der Waals surface area (Å²) in [6, 6.07) is 4.14. The molecular formula is C14H18N2O8. The van der Waals surface area contributed by atoms with Gasteiger partial charge in [0.1, 0.15) is 30.1 Å². The van der Waals surface area contributed by atoms with Crippen LogP contribution in [0.5, 0.6) is 5.75 Å². The third-order valence-electron chi connectivity index (χ3n) is 3.53. The van der Waals surface area contributed by atoms with Crippen LogP contribution < -0.4 is 10.1 Å². The zero-order valence-corrected chi connectivity index (χ0v) is 12.7. The Morgan fingerprint density at radius 2 is 2.12 bits per heavy atom. The Morgan fingerprint density at radius 1 is 1.42 bits per heavy atom. The van der Waals surface area contributed by atoms with Crippen molar-refractivity contribution in [2.24, 2.45) is 0 Å². The molecular weight excluding hydrogens is 324 g/mol. The van der Waals surface area contributed by atoms with Crippen LogP contribution >= 0.6 is 0 Å². The van der Waals surface area contributed by atoms with Crippen molar-refractivity contribution < 1.29 is 34.5 Å². The molecule has 0 saturated carbocycles. The van der Waals surface area contributed by atoms with Crippen molar-refractivity contribution in [1.82, 2.24) is 5.32 Å². The van der Waals surface area contributed by atoms with Crippen LogP contribution in [0.1, 0.15) is 6.92 Å². The molecule has 10 nitrogen and oxygen atoms in total. The molecule has 132 valence electrons. The number of amides is 1. The molecule has 1 fully saturated rings. The summed E-state index contributed by atoms with van der Waals surface area (Å²) in [4.78, 5) is 21.5. The highest BCUT2D eigenvalue weighted by Crippen LogP contribution is 2.26. The van der Waals surface area contributed by atoms with Crippen LogP contribution in [0, 0.1) is 10.1 Å².